The normalized spacial score (nSPS) is 14.5. The van der Waals surface area contributed by atoms with E-state index in [0.717, 1.165) is 22.9 Å². The summed E-state index contributed by atoms with van der Waals surface area (Å²) in [5, 5.41) is 12.2. The Morgan fingerprint density at radius 2 is 1.72 bits per heavy atom. The molecule has 0 spiro atoms. The Morgan fingerprint density at radius 1 is 1.07 bits per heavy atom. The highest BCUT2D eigenvalue weighted by atomic mass is 79.9. The number of amides is 3. The number of rotatable bonds is 12. The largest absolute Gasteiger partial charge is 0.481 e. The number of carbonyl (C=O) groups excluding carboxylic acids is 3. The molecule has 46 heavy (non-hydrogen) atoms. The summed E-state index contributed by atoms with van der Waals surface area (Å²) >= 11 is 4.31. The van der Waals surface area contributed by atoms with Gasteiger partial charge in [-0.2, -0.15) is 4.99 Å². The number of hydrogen-bond donors (Lipinski definition) is 2. The number of halogens is 1. The fourth-order valence-electron chi connectivity index (χ4n) is 4.45. The van der Waals surface area contributed by atoms with Gasteiger partial charge in [-0.05, 0) is 48.4 Å². The van der Waals surface area contributed by atoms with Crippen LogP contribution in [0.3, 0.4) is 0 Å². The van der Waals surface area contributed by atoms with Crippen molar-refractivity contribution in [2.24, 2.45) is 4.99 Å². The second kappa shape index (κ2) is 16.4. The second-order valence-electron chi connectivity index (χ2n) is 9.68. The standard InChI is InChI=1S/C35H30BrN3O6S/c1-3-5-16-27(4-2)39-34(44)28(20-25-19-26(36)17-18-29(25)45-21-31(41)42)33(43)38-35(39)46-22-30(40)37-32(23-12-8-6-9-13-23)24-14-10-7-11-15-24/h3-20,32H,1,21-22H2,2H3,(H,37,40)(H,41,42)/b16-5-,27-4+,28-20+. The highest BCUT2D eigenvalue weighted by molar-refractivity contribution is 9.10. The molecule has 1 heterocycles. The summed E-state index contributed by atoms with van der Waals surface area (Å²) in [6.07, 6.45) is 7.79. The van der Waals surface area contributed by atoms with E-state index in [-0.39, 0.29) is 28.2 Å². The van der Waals surface area contributed by atoms with Crippen LogP contribution in [0.1, 0.15) is 29.7 Å². The first kappa shape index (κ1) is 33.9. The number of nitrogens with one attached hydrogen (secondary N) is 1. The van der Waals surface area contributed by atoms with Crippen molar-refractivity contribution in [1.29, 1.82) is 0 Å². The summed E-state index contributed by atoms with van der Waals surface area (Å²) in [6, 6.07) is 23.4. The molecule has 11 heteroatoms. The van der Waals surface area contributed by atoms with Crippen LogP contribution in [0.2, 0.25) is 0 Å². The van der Waals surface area contributed by atoms with Crippen LogP contribution in [0, 0.1) is 0 Å². The van der Waals surface area contributed by atoms with E-state index in [1.165, 1.54) is 23.1 Å². The van der Waals surface area contributed by atoms with Crippen molar-refractivity contribution in [3.63, 3.8) is 0 Å². The number of ether oxygens (including phenoxy) is 1. The van der Waals surface area contributed by atoms with Crippen LogP contribution in [0.4, 0.5) is 0 Å². The molecule has 3 amide bonds. The number of amidine groups is 1. The fourth-order valence-corrected chi connectivity index (χ4v) is 5.64. The number of aliphatic carboxylic acids is 1. The van der Waals surface area contributed by atoms with Crippen LogP contribution in [-0.4, -0.2) is 51.2 Å². The highest BCUT2D eigenvalue weighted by Gasteiger charge is 2.35. The highest BCUT2D eigenvalue weighted by Crippen LogP contribution is 2.30. The zero-order valence-electron chi connectivity index (χ0n) is 24.8. The van der Waals surface area contributed by atoms with E-state index < -0.39 is 30.4 Å². The predicted octanol–water partition coefficient (Wildman–Crippen LogP) is 6.31. The monoisotopic (exact) mass is 699 g/mol. The molecule has 0 radical (unpaired) electrons. The van der Waals surface area contributed by atoms with E-state index >= 15 is 0 Å². The fraction of sp³-hybridized carbons (Fsp3) is 0.114. The van der Waals surface area contributed by atoms with Crippen LogP contribution in [0.5, 0.6) is 5.75 Å². The van der Waals surface area contributed by atoms with E-state index in [4.69, 9.17) is 9.84 Å². The van der Waals surface area contributed by atoms with Crippen molar-refractivity contribution in [2.45, 2.75) is 13.0 Å². The first-order valence-electron chi connectivity index (χ1n) is 14.0. The molecule has 3 aromatic carbocycles. The summed E-state index contributed by atoms with van der Waals surface area (Å²) in [5.74, 6) is -2.98. The molecule has 234 valence electrons. The number of allylic oxidation sites excluding steroid dienone is 4. The molecule has 4 rings (SSSR count). The number of carbonyl (C=O) groups is 4. The summed E-state index contributed by atoms with van der Waals surface area (Å²) in [4.78, 5) is 57.2. The molecule has 1 aliphatic heterocycles. The number of carboxylic acid groups (broad SMARTS) is 1. The quantitative estimate of drug-likeness (QED) is 0.129. The zero-order chi connectivity index (χ0) is 33.1. The lowest BCUT2D eigenvalue weighted by molar-refractivity contribution is -0.139. The minimum absolute atomic E-state index is 0.0247. The molecule has 0 fully saturated rings. The van der Waals surface area contributed by atoms with Crippen LogP contribution in [-0.2, 0) is 19.2 Å². The summed E-state index contributed by atoms with van der Waals surface area (Å²) in [7, 11) is 0. The summed E-state index contributed by atoms with van der Waals surface area (Å²) in [6.45, 7) is 4.80. The van der Waals surface area contributed by atoms with Gasteiger partial charge >= 0.3 is 5.97 Å². The molecule has 1 aliphatic rings. The Bertz CT molecular complexity index is 1710. The zero-order valence-corrected chi connectivity index (χ0v) is 27.2. The van der Waals surface area contributed by atoms with E-state index in [1.807, 2.05) is 60.7 Å². The maximum absolute atomic E-state index is 14.0. The Hall–Kier alpha value is -5.00. The Morgan fingerprint density at radius 3 is 2.30 bits per heavy atom. The van der Waals surface area contributed by atoms with E-state index in [1.54, 1.807) is 37.3 Å². The predicted molar refractivity (Wildman–Crippen MR) is 183 cm³/mol. The third-order valence-electron chi connectivity index (χ3n) is 6.54. The average Bonchev–Trinajstić information content (AvgIpc) is 3.06. The van der Waals surface area contributed by atoms with Gasteiger partial charge in [0, 0.05) is 15.7 Å². The first-order chi connectivity index (χ1) is 22.2. The summed E-state index contributed by atoms with van der Waals surface area (Å²) in [5.41, 5.74) is 2.22. The molecule has 0 atom stereocenters. The van der Waals surface area contributed by atoms with E-state index in [0.29, 0.717) is 15.7 Å². The third kappa shape index (κ3) is 8.80. The lowest BCUT2D eigenvalue weighted by Gasteiger charge is -2.28. The van der Waals surface area contributed by atoms with Gasteiger partial charge in [0.15, 0.2) is 11.8 Å². The van der Waals surface area contributed by atoms with Crippen molar-refractivity contribution < 1.29 is 29.0 Å². The molecule has 0 bridgehead atoms. The maximum Gasteiger partial charge on any atom is 0.341 e. The van der Waals surface area contributed by atoms with Crippen molar-refractivity contribution in [3.8, 4) is 5.75 Å². The van der Waals surface area contributed by atoms with Crippen molar-refractivity contribution in [2.75, 3.05) is 12.4 Å². The molecule has 9 nitrogen and oxygen atoms in total. The number of thioether (sulfide) groups is 1. The minimum atomic E-state index is -1.18. The lowest BCUT2D eigenvalue weighted by atomic mass is 9.99. The molecule has 0 saturated carbocycles. The smallest absolute Gasteiger partial charge is 0.341 e. The van der Waals surface area contributed by atoms with Gasteiger partial charge in [-0.15, -0.1) is 0 Å². The molecule has 0 unspecified atom stereocenters. The van der Waals surface area contributed by atoms with Gasteiger partial charge in [0.1, 0.15) is 11.3 Å². The number of benzene rings is 3. The Balaban J connectivity index is 1.65. The van der Waals surface area contributed by atoms with Crippen LogP contribution >= 0.6 is 27.7 Å². The van der Waals surface area contributed by atoms with Crippen molar-refractivity contribution in [1.82, 2.24) is 10.2 Å². The van der Waals surface area contributed by atoms with Crippen molar-refractivity contribution in [3.05, 3.63) is 142 Å². The molecule has 0 aromatic heterocycles. The molecule has 3 aromatic rings. The van der Waals surface area contributed by atoms with Gasteiger partial charge in [-0.25, -0.2) is 4.79 Å². The molecule has 0 aliphatic carbocycles. The van der Waals surface area contributed by atoms with Crippen LogP contribution in [0.25, 0.3) is 6.08 Å². The summed E-state index contributed by atoms with van der Waals surface area (Å²) < 4.78 is 5.99. The maximum atomic E-state index is 14.0. The Kier molecular flexibility index (Phi) is 12.0. The van der Waals surface area contributed by atoms with Gasteiger partial charge < -0.3 is 15.2 Å². The second-order valence-corrected chi connectivity index (χ2v) is 11.5. The van der Waals surface area contributed by atoms with E-state index in [9.17, 15) is 19.2 Å². The Labute approximate surface area is 279 Å². The van der Waals surface area contributed by atoms with Gasteiger partial charge in [0.2, 0.25) is 5.91 Å². The van der Waals surface area contributed by atoms with Crippen LogP contribution < -0.4 is 10.1 Å². The lowest BCUT2D eigenvalue weighted by Crippen LogP contribution is -2.42. The number of carboxylic acids is 1. The number of aliphatic imine (C=N–C) groups is 1. The van der Waals surface area contributed by atoms with Crippen LogP contribution in [0.15, 0.2) is 130 Å². The average molecular weight is 701 g/mol. The molecule has 0 saturated heterocycles. The topological polar surface area (TPSA) is 125 Å². The van der Waals surface area contributed by atoms with Gasteiger partial charge in [0.05, 0.1) is 11.8 Å². The number of nitrogens with zero attached hydrogens (tertiary/aromatic N) is 2. The van der Waals surface area contributed by atoms with Gasteiger partial charge in [0.25, 0.3) is 11.8 Å². The van der Waals surface area contributed by atoms with Gasteiger partial charge in [-0.1, -0.05) is 113 Å². The van der Waals surface area contributed by atoms with E-state index in [2.05, 4.69) is 32.8 Å². The SMILES string of the molecule is C=C/C=C\C(=C/C)N1C(=O)/C(=C/c2cc(Br)ccc2OCC(=O)O)C(=O)N=C1SCC(=O)NC(c1ccccc1)c1ccccc1. The third-order valence-corrected chi connectivity index (χ3v) is 7.97. The minimum Gasteiger partial charge on any atom is -0.481 e. The van der Waals surface area contributed by atoms with Gasteiger partial charge in [-0.3, -0.25) is 19.3 Å². The molecule has 2 N–H and O–H groups in total. The molecular formula is C35H30BrN3O6S. The van der Waals surface area contributed by atoms with Crippen molar-refractivity contribution >= 4 is 62.6 Å². The first-order valence-corrected chi connectivity index (χ1v) is 15.8. The number of hydrogen-bond acceptors (Lipinski definition) is 6. The molecular weight excluding hydrogens is 670 g/mol.